The zero-order chi connectivity index (χ0) is 19.3. The Morgan fingerprint density at radius 2 is 1.96 bits per heavy atom. The highest BCUT2D eigenvalue weighted by atomic mass is 79.9. The molecule has 0 aliphatic heterocycles. The third-order valence-electron chi connectivity index (χ3n) is 3.21. The van der Waals surface area contributed by atoms with E-state index in [4.69, 9.17) is 22.1 Å². The lowest BCUT2D eigenvalue weighted by atomic mass is 10.2. The van der Waals surface area contributed by atoms with Gasteiger partial charge in [0, 0.05) is 17.3 Å². The SMILES string of the molecule is CCOc1ccc(C(=O)NC(=S)Nc2ccc(C(=O)O)c(O)c2)cc1Br. The Labute approximate surface area is 163 Å². The van der Waals surface area contributed by atoms with E-state index < -0.39 is 17.6 Å². The summed E-state index contributed by atoms with van der Waals surface area (Å²) in [5.74, 6) is -1.46. The van der Waals surface area contributed by atoms with E-state index >= 15 is 0 Å². The molecule has 9 heteroatoms. The molecule has 1 amide bonds. The number of hydrogen-bond acceptors (Lipinski definition) is 5. The van der Waals surface area contributed by atoms with E-state index in [0.717, 1.165) is 0 Å². The molecule has 0 heterocycles. The van der Waals surface area contributed by atoms with E-state index in [1.807, 2.05) is 6.92 Å². The van der Waals surface area contributed by atoms with E-state index in [1.165, 1.54) is 18.2 Å². The highest BCUT2D eigenvalue weighted by Crippen LogP contribution is 2.26. The van der Waals surface area contributed by atoms with Crippen molar-refractivity contribution in [2.45, 2.75) is 6.92 Å². The summed E-state index contributed by atoms with van der Waals surface area (Å²) in [5, 5.41) is 23.8. The fourth-order valence-electron chi connectivity index (χ4n) is 2.04. The molecule has 0 spiro atoms. The number of carbonyl (C=O) groups is 2. The fourth-order valence-corrected chi connectivity index (χ4v) is 2.75. The van der Waals surface area contributed by atoms with Gasteiger partial charge in [-0.3, -0.25) is 10.1 Å². The van der Waals surface area contributed by atoms with Crippen LogP contribution in [0.15, 0.2) is 40.9 Å². The first-order chi connectivity index (χ1) is 12.3. The van der Waals surface area contributed by atoms with Gasteiger partial charge >= 0.3 is 5.97 Å². The van der Waals surface area contributed by atoms with Crippen molar-refractivity contribution in [2.75, 3.05) is 11.9 Å². The number of carbonyl (C=O) groups excluding carboxylic acids is 1. The second-order valence-electron chi connectivity index (χ2n) is 5.02. The van der Waals surface area contributed by atoms with Crippen molar-refractivity contribution in [1.82, 2.24) is 5.32 Å². The molecule has 0 saturated heterocycles. The lowest BCUT2D eigenvalue weighted by Gasteiger charge is -2.11. The average Bonchev–Trinajstić information content (AvgIpc) is 2.56. The summed E-state index contributed by atoms with van der Waals surface area (Å²) in [6, 6.07) is 8.73. The molecule has 136 valence electrons. The molecular weight excluding hydrogens is 424 g/mol. The van der Waals surface area contributed by atoms with Crippen molar-refractivity contribution in [3.63, 3.8) is 0 Å². The highest BCUT2D eigenvalue weighted by molar-refractivity contribution is 9.10. The van der Waals surface area contributed by atoms with Crippen molar-refractivity contribution in [1.29, 1.82) is 0 Å². The smallest absolute Gasteiger partial charge is 0.339 e. The molecule has 26 heavy (non-hydrogen) atoms. The number of benzene rings is 2. The predicted molar refractivity (Wildman–Crippen MR) is 104 cm³/mol. The Balaban J connectivity index is 2.03. The Morgan fingerprint density at radius 3 is 2.54 bits per heavy atom. The standard InChI is InChI=1S/C17H15BrN2O5S/c1-2-25-14-6-3-9(7-12(14)18)15(22)20-17(26)19-10-4-5-11(16(23)24)13(21)8-10/h3-8,21H,2H2,1H3,(H,23,24)(H2,19,20,22,26). The van der Waals surface area contributed by atoms with Crippen LogP contribution in [0.25, 0.3) is 0 Å². The van der Waals surface area contributed by atoms with E-state index in [1.54, 1.807) is 18.2 Å². The van der Waals surface area contributed by atoms with Crippen LogP contribution >= 0.6 is 28.1 Å². The van der Waals surface area contributed by atoms with Gasteiger partial charge in [-0.1, -0.05) is 0 Å². The minimum Gasteiger partial charge on any atom is -0.507 e. The molecule has 0 aliphatic carbocycles. The molecule has 0 saturated carbocycles. The number of thiocarbonyl (C=S) groups is 1. The molecular formula is C17H15BrN2O5S. The van der Waals surface area contributed by atoms with Crippen molar-refractivity contribution < 1.29 is 24.5 Å². The molecule has 2 rings (SSSR count). The molecule has 2 aromatic rings. The number of amides is 1. The molecule has 7 nitrogen and oxygen atoms in total. The first-order valence-corrected chi connectivity index (χ1v) is 8.63. The third kappa shape index (κ3) is 4.93. The van der Waals surface area contributed by atoms with Crippen molar-refractivity contribution in [3.05, 3.63) is 52.0 Å². The number of nitrogens with one attached hydrogen (secondary N) is 2. The topological polar surface area (TPSA) is 108 Å². The number of halogens is 1. The zero-order valence-corrected chi connectivity index (χ0v) is 16.0. The Kier molecular flexibility index (Phi) is 6.53. The van der Waals surface area contributed by atoms with Gasteiger partial charge < -0.3 is 20.3 Å². The van der Waals surface area contributed by atoms with Crippen molar-refractivity contribution in [2.24, 2.45) is 0 Å². The monoisotopic (exact) mass is 438 g/mol. The van der Waals surface area contributed by atoms with Crippen LogP contribution in [0, 0.1) is 0 Å². The van der Waals surface area contributed by atoms with Crippen LogP contribution < -0.4 is 15.4 Å². The lowest BCUT2D eigenvalue weighted by Crippen LogP contribution is -2.34. The number of hydrogen-bond donors (Lipinski definition) is 4. The maximum atomic E-state index is 12.2. The van der Waals surface area contributed by atoms with Crippen LogP contribution in [-0.4, -0.2) is 33.8 Å². The van der Waals surface area contributed by atoms with Crippen LogP contribution in [-0.2, 0) is 0 Å². The molecule has 0 radical (unpaired) electrons. The van der Waals surface area contributed by atoms with Crippen LogP contribution in [0.1, 0.15) is 27.6 Å². The summed E-state index contributed by atoms with van der Waals surface area (Å²) in [5.41, 5.74) is 0.476. The molecule has 0 aliphatic rings. The first-order valence-electron chi connectivity index (χ1n) is 7.42. The average molecular weight is 439 g/mol. The van der Waals surface area contributed by atoms with Gasteiger partial charge in [0.05, 0.1) is 11.1 Å². The maximum absolute atomic E-state index is 12.2. The zero-order valence-electron chi connectivity index (χ0n) is 13.6. The second kappa shape index (κ2) is 8.63. The normalized spacial score (nSPS) is 10.1. The summed E-state index contributed by atoms with van der Waals surface area (Å²) >= 11 is 8.40. The van der Waals surface area contributed by atoms with Crippen LogP contribution in [0.3, 0.4) is 0 Å². The van der Waals surface area contributed by atoms with Crippen LogP contribution in [0.4, 0.5) is 5.69 Å². The van der Waals surface area contributed by atoms with Crippen molar-refractivity contribution >= 4 is 50.8 Å². The minimum absolute atomic E-state index is 0.00230. The van der Waals surface area contributed by atoms with Gasteiger partial charge in [-0.15, -0.1) is 0 Å². The summed E-state index contributed by atoms with van der Waals surface area (Å²) in [6.07, 6.45) is 0. The van der Waals surface area contributed by atoms with E-state index in [0.29, 0.717) is 28.1 Å². The van der Waals surface area contributed by atoms with Crippen LogP contribution in [0.2, 0.25) is 0 Å². The predicted octanol–water partition coefficient (Wildman–Crippen LogP) is 3.38. The molecule has 0 fully saturated rings. The number of aromatic hydroxyl groups is 1. The summed E-state index contributed by atoms with van der Waals surface area (Å²) in [4.78, 5) is 23.1. The fraction of sp³-hybridized carbons (Fsp3) is 0.118. The Bertz CT molecular complexity index is 872. The quantitative estimate of drug-likeness (QED) is 0.529. The van der Waals surface area contributed by atoms with Gasteiger partial charge in [0.15, 0.2) is 5.11 Å². The second-order valence-corrected chi connectivity index (χ2v) is 6.29. The third-order valence-corrected chi connectivity index (χ3v) is 4.03. The van der Waals surface area contributed by atoms with Gasteiger partial charge in [0.1, 0.15) is 17.1 Å². The number of carboxylic acid groups (broad SMARTS) is 1. The summed E-state index contributed by atoms with van der Waals surface area (Å²) < 4.78 is 6.03. The Hall–Kier alpha value is -2.65. The molecule has 0 unspecified atom stereocenters. The first kappa shape index (κ1) is 19.7. The van der Waals surface area contributed by atoms with Gasteiger partial charge in [-0.25, -0.2) is 4.79 Å². The molecule has 0 bridgehead atoms. The number of anilines is 1. The maximum Gasteiger partial charge on any atom is 0.339 e. The largest absolute Gasteiger partial charge is 0.507 e. The number of carboxylic acids is 1. The highest BCUT2D eigenvalue weighted by Gasteiger charge is 2.13. The molecule has 2 aromatic carbocycles. The number of ether oxygens (including phenoxy) is 1. The van der Waals surface area contributed by atoms with Crippen molar-refractivity contribution in [3.8, 4) is 11.5 Å². The van der Waals surface area contributed by atoms with Gasteiger partial charge in [-0.2, -0.15) is 0 Å². The molecule has 4 N–H and O–H groups in total. The number of rotatable bonds is 5. The lowest BCUT2D eigenvalue weighted by molar-refractivity contribution is 0.0693. The number of aromatic carboxylic acids is 1. The van der Waals surface area contributed by atoms with E-state index in [-0.39, 0.29) is 10.7 Å². The number of phenols is 1. The van der Waals surface area contributed by atoms with Crippen LogP contribution in [0.5, 0.6) is 11.5 Å². The summed E-state index contributed by atoms with van der Waals surface area (Å²) in [6.45, 7) is 2.36. The van der Waals surface area contributed by atoms with Gasteiger partial charge in [-0.05, 0) is 65.4 Å². The van der Waals surface area contributed by atoms with E-state index in [9.17, 15) is 14.7 Å². The minimum atomic E-state index is -1.24. The van der Waals surface area contributed by atoms with Gasteiger partial charge in [0.25, 0.3) is 5.91 Å². The molecule has 0 aromatic heterocycles. The summed E-state index contributed by atoms with van der Waals surface area (Å²) in [7, 11) is 0. The van der Waals surface area contributed by atoms with E-state index in [2.05, 4.69) is 26.6 Å². The van der Waals surface area contributed by atoms with Gasteiger partial charge in [0.2, 0.25) is 0 Å². The Morgan fingerprint density at radius 1 is 1.23 bits per heavy atom. The molecule has 0 atom stereocenters.